The van der Waals surface area contributed by atoms with Gasteiger partial charge in [0.25, 0.3) is 5.91 Å². The second-order valence-electron chi connectivity index (χ2n) is 11.9. The van der Waals surface area contributed by atoms with E-state index in [4.69, 9.17) is 4.74 Å². The van der Waals surface area contributed by atoms with Gasteiger partial charge in [-0.3, -0.25) is 9.69 Å². The Morgan fingerprint density at radius 1 is 1.00 bits per heavy atom. The molecular formula is C33H43N5O2. The summed E-state index contributed by atoms with van der Waals surface area (Å²) < 4.78 is 5.44. The molecule has 0 spiro atoms. The zero-order valence-electron chi connectivity index (χ0n) is 24.1. The van der Waals surface area contributed by atoms with Crippen LogP contribution >= 0.6 is 0 Å². The molecule has 3 unspecified atom stereocenters. The average Bonchev–Trinajstić information content (AvgIpc) is 3.23. The Morgan fingerprint density at radius 3 is 2.50 bits per heavy atom. The van der Waals surface area contributed by atoms with E-state index in [0.717, 1.165) is 56.9 Å². The minimum absolute atomic E-state index is 0.0107. The third kappa shape index (κ3) is 5.50. The van der Waals surface area contributed by atoms with Crippen LogP contribution in [0.3, 0.4) is 0 Å². The van der Waals surface area contributed by atoms with E-state index in [0.29, 0.717) is 17.6 Å². The van der Waals surface area contributed by atoms with Crippen LogP contribution in [0.25, 0.3) is 0 Å². The number of benzene rings is 2. The van der Waals surface area contributed by atoms with E-state index < -0.39 is 0 Å². The van der Waals surface area contributed by atoms with Gasteiger partial charge in [-0.05, 0) is 81.6 Å². The van der Waals surface area contributed by atoms with E-state index in [2.05, 4.69) is 80.7 Å². The number of piperidine rings is 1. The fourth-order valence-corrected chi connectivity index (χ4v) is 7.17. The van der Waals surface area contributed by atoms with Crippen molar-refractivity contribution in [2.75, 3.05) is 45.2 Å². The summed E-state index contributed by atoms with van der Waals surface area (Å²) in [5.41, 5.74) is 4.29. The molecule has 3 saturated heterocycles. The van der Waals surface area contributed by atoms with E-state index in [1.54, 1.807) is 7.11 Å². The molecule has 2 aromatic rings. The van der Waals surface area contributed by atoms with Crippen LogP contribution in [0.1, 0.15) is 47.2 Å². The molecule has 1 N–H and O–H groups in total. The van der Waals surface area contributed by atoms with Gasteiger partial charge < -0.3 is 24.8 Å². The first-order chi connectivity index (χ1) is 19.5. The van der Waals surface area contributed by atoms with Gasteiger partial charge >= 0.3 is 0 Å². The van der Waals surface area contributed by atoms with Gasteiger partial charge in [0.15, 0.2) is 0 Å². The van der Waals surface area contributed by atoms with Crippen molar-refractivity contribution in [3.63, 3.8) is 0 Å². The SMILES string of the molecule is COc1cccc(C(=O)NC2CC3CCC(C2)N3C2C=CC=CN2Cc2cccc(N3CCN(C)CC3)c2)c1C. The third-order valence-electron chi connectivity index (χ3n) is 9.33. The fraction of sp³-hybridized carbons (Fsp3) is 0.485. The number of allylic oxidation sites excluding steroid dienone is 2. The van der Waals surface area contributed by atoms with Crippen LogP contribution in [0.4, 0.5) is 5.69 Å². The maximum Gasteiger partial charge on any atom is 0.251 e. The van der Waals surface area contributed by atoms with Gasteiger partial charge in [-0.1, -0.05) is 24.3 Å². The van der Waals surface area contributed by atoms with Gasteiger partial charge in [0.05, 0.1) is 7.11 Å². The molecule has 0 aromatic heterocycles. The Morgan fingerprint density at radius 2 is 1.75 bits per heavy atom. The first-order valence-electron chi connectivity index (χ1n) is 14.8. The van der Waals surface area contributed by atoms with Crippen LogP contribution in [0.5, 0.6) is 5.75 Å². The van der Waals surface area contributed by atoms with Gasteiger partial charge in [-0.25, -0.2) is 0 Å². The molecule has 212 valence electrons. The van der Waals surface area contributed by atoms with E-state index in [1.807, 2.05) is 25.1 Å². The molecule has 2 bridgehead atoms. The van der Waals surface area contributed by atoms with Gasteiger partial charge in [0.2, 0.25) is 0 Å². The Bertz CT molecular complexity index is 1250. The number of piperazine rings is 1. The minimum Gasteiger partial charge on any atom is -0.496 e. The quantitative estimate of drug-likeness (QED) is 0.561. The largest absolute Gasteiger partial charge is 0.496 e. The highest BCUT2D eigenvalue weighted by molar-refractivity contribution is 5.96. The van der Waals surface area contributed by atoms with Crippen molar-refractivity contribution in [3.8, 4) is 5.75 Å². The predicted octanol–water partition coefficient (Wildman–Crippen LogP) is 4.39. The molecular weight excluding hydrogens is 498 g/mol. The Labute approximate surface area is 239 Å². The van der Waals surface area contributed by atoms with Crippen molar-refractivity contribution in [2.45, 2.75) is 63.4 Å². The molecule has 7 nitrogen and oxygen atoms in total. The van der Waals surface area contributed by atoms with Gasteiger partial charge in [0.1, 0.15) is 11.9 Å². The van der Waals surface area contributed by atoms with Crippen molar-refractivity contribution >= 4 is 11.6 Å². The van der Waals surface area contributed by atoms with Crippen LogP contribution in [0.15, 0.2) is 66.9 Å². The summed E-state index contributed by atoms with van der Waals surface area (Å²) in [6.45, 7) is 7.24. The van der Waals surface area contributed by atoms with Gasteiger partial charge in [-0.2, -0.15) is 0 Å². The highest BCUT2D eigenvalue weighted by Gasteiger charge is 2.45. The van der Waals surface area contributed by atoms with Crippen LogP contribution in [0.2, 0.25) is 0 Å². The smallest absolute Gasteiger partial charge is 0.251 e. The average molecular weight is 542 g/mol. The molecule has 0 radical (unpaired) electrons. The third-order valence-corrected chi connectivity index (χ3v) is 9.33. The molecule has 2 aromatic carbocycles. The Kier molecular flexibility index (Phi) is 7.85. The number of carbonyl (C=O) groups excluding carboxylic acids is 1. The van der Waals surface area contributed by atoms with Crippen LogP contribution < -0.4 is 15.0 Å². The first-order valence-corrected chi connectivity index (χ1v) is 14.8. The summed E-state index contributed by atoms with van der Waals surface area (Å²) in [5.74, 6) is 0.769. The van der Waals surface area contributed by atoms with Crippen molar-refractivity contribution in [1.29, 1.82) is 0 Å². The molecule has 4 heterocycles. The highest BCUT2D eigenvalue weighted by Crippen LogP contribution is 2.39. The highest BCUT2D eigenvalue weighted by atomic mass is 16.5. The van der Waals surface area contributed by atoms with E-state index in [-0.39, 0.29) is 18.1 Å². The second kappa shape index (κ2) is 11.7. The van der Waals surface area contributed by atoms with Gasteiger partial charge in [0, 0.05) is 73.9 Å². The number of hydrogen-bond acceptors (Lipinski definition) is 6. The number of methoxy groups -OCH3 is 1. The lowest BCUT2D eigenvalue weighted by atomic mass is 9.95. The van der Waals surface area contributed by atoms with Crippen molar-refractivity contribution in [2.24, 2.45) is 0 Å². The standard InChI is InChI=1S/C33H43N5O2/c1-24-30(10-7-11-31(24)40-3)33(39)34-26-21-28-13-14-29(22-26)38(28)32-12-4-5-15-37(32)23-25-8-6-9-27(20-25)36-18-16-35(2)17-19-36/h4-12,15,20,26,28-29,32H,13-14,16-19,21-23H2,1-3H3,(H,34,39). The Hall–Kier alpha value is -3.29. The number of amides is 1. The minimum atomic E-state index is 0.0107. The number of rotatable bonds is 7. The Balaban J connectivity index is 1.12. The normalized spacial score (nSPS) is 26.8. The van der Waals surface area contributed by atoms with Crippen molar-refractivity contribution < 1.29 is 9.53 Å². The molecule has 4 aliphatic heterocycles. The number of likely N-dealkylation sites (N-methyl/N-ethyl adjacent to an activating group) is 1. The fourth-order valence-electron chi connectivity index (χ4n) is 7.17. The van der Waals surface area contributed by atoms with Crippen LogP contribution in [-0.2, 0) is 6.54 Å². The van der Waals surface area contributed by atoms with Crippen LogP contribution in [-0.4, -0.2) is 85.2 Å². The molecule has 7 heteroatoms. The molecule has 0 aliphatic carbocycles. The first kappa shape index (κ1) is 26.9. The van der Waals surface area contributed by atoms with Gasteiger partial charge in [-0.15, -0.1) is 0 Å². The number of carbonyl (C=O) groups is 1. The van der Waals surface area contributed by atoms with Crippen molar-refractivity contribution in [3.05, 3.63) is 83.6 Å². The number of anilines is 1. The molecule has 40 heavy (non-hydrogen) atoms. The summed E-state index contributed by atoms with van der Waals surface area (Å²) in [6.07, 6.45) is 13.6. The van der Waals surface area contributed by atoms with E-state index in [9.17, 15) is 4.79 Å². The van der Waals surface area contributed by atoms with Crippen molar-refractivity contribution in [1.82, 2.24) is 20.0 Å². The van der Waals surface area contributed by atoms with Crippen LogP contribution in [0, 0.1) is 6.92 Å². The summed E-state index contributed by atoms with van der Waals surface area (Å²) in [6, 6.07) is 15.9. The summed E-state index contributed by atoms with van der Waals surface area (Å²) in [5, 5.41) is 3.37. The molecule has 6 rings (SSSR count). The number of nitrogens with one attached hydrogen (secondary N) is 1. The number of nitrogens with zero attached hydrogens (tertiary/aromatic N) is 4. The zero-order valence-corrected chi connectivity index (χ0v) is 24.1. The number of fused-ring (bicyclic) bond motifs is 2. The maximum atomic E-state index is 13.2. The maximum absolute atomic E-state index is 13.2. The summed E-state index contributed by atoms with van der Waals surface area (Å²) >= 11 is 0. The predicted molar refractivity (Wildman–Crippen MR) is 161 cm³/mol. The molecule has 3 fully saturated rings. The van der Waals surface area contributed by atoms with E-state index >= 15 is 0 Å². The lowest BCUT2D eigenvalue weighted by molar-refractivity contribution is 0.0226. The lowest BCUT2D eigenvalue weighted by Gasteiger charge is -2.47. The molecule has 4 aliphatic rings. The number of ether oxygens (including phenoxy) is 1. The molecule has 0 saturated carbocycles. The lowest BCUT2D eigenvalue weighted by Crippen LogP contribution is -2.57. The zero-order chi connectivity index (χ0) is 27.6. The monoisotopic (exact) mass is 541 g/mol. The van der Waals surface area contributed by atoms with E-state index in [1.165, 1.54) is 24.1 Å². The summed E-state index contributed by atoms with van der Waals surface area (Å²) in [7, 11) is 3.86. The molecule has 1 amide bonds. The second-order valence-corrected chi connectivity index (χ2v) is 11.9. The summed E-state index contributed by atoms with van der Waals surface area (Å²) in [4.78, 5) is 23.4. The topological polar surface area (TPSA) is 51.3 Å². The number of hydrogen-bond donors (Lipinski definition) is 1. The molecule has 3 atom stereocenters.